The van der Waals surface area contributed by atoms with Gasteiger partial charge in [0, 0.05) is 18.4 Å². The molecule has 0 saturated heterocycles. The van der Waals surface area contributed by atoms with Crippen molar-refractivity contribution >= 4 is 11.5 Å². The minimum absolute atomic E-state index is 0.432. The first-order valence-electron chi connectivity index (χ1n) is 8.21. The molecule has 1 aliphatic carbocycles. The number of allylic oxidation sites excluding steroid dienone is 4. The number of nitrogens with one attached hydrogen (secondary N) is 2. The van der Waals surface area contributed by atoms with Crippen molar-refractivity contribution in [2.45, 2.75) is 44.6 Å². The van der Waals surface area contributed by atoms with E-state index in [4.69, 9.17) is 0 Å². The second-order valence-corrected chi connectivity index (χ2v) is 5.86. The number of nitrogens with zero attached hydrogens (tertiary/aromatic N) is 3. The minimum Gasteiger partial charge on any atom is -0.361 e. The van der Waals surface area contributed by atoms with Gasteiger partial charge >= 0.3 is 0 Å². The summed E-state index contributed by atoms with van der Waals surface area (Å²) >= 11 is 0. The van der Waals surface area contributed by atoms with E-state index in [0.717, 1.165) is 18.5 Å². The summed E-state index contributed by atoms with van der Waals surface area (Å²) in [5.41, 5.74) is 1.92. The molecule has 0 amide bonds. The molecule has 0 spiro atoms. The van der Waals surface area contributed by atoms with Gasteiger partial charge in [-0.25, -0.2) is 9.97 Å². The van der Waals surface area contributed by atoms with E-state index in [9.17, 15) is 5.26 Å². The van der Waals surface area contributed by atoms with Crippen LogP contribution in [0.25, 0.3) is 5.57 Å². The third kappa shape index (κ3) is 3.98. The number of aromatic nitrogens is 2. The lowest BCUT2D eigenvalue weighted by atomic mass is 10.1. The van der Waals surface area contributed by atoms with Crippen LogP contribution in [-0.4, -0.2) is 16.0 Å². The summed E-state index contributed by atoms with van der Waals surface area (Å²) in [5.74, 6) is 0.609. The third-order valence-corrected chi connectivity index (χ3v) is 4.19. The van der Waals surface area contributed by atoms with E-state index in [-0.39, 0.29) is 0 Å². The molecule has 5 nitrogen and oxygen atoms in total. The van der Waals surface area contributed by atoms with Gasteiger partial charge < -0.3 is 10.6 Å². The van der Waals surface area contributed by atoms with Crippen LogP contribution in [0, 0.1) is 11.3 Å². The topological polar surface area (TPSA) is 73.6 Å². The molecule has 118 valence electrons. The maximum absolute atomic E-state index is 9.49. The fourth-order valence-corrected chi connectivity index (χ4v) is 2.98. The van der Waals surface area contributed by atoms with Crippen molar-refractivity contribution in [3.05, 3.63) is 48.1 Å². The van der Waals surface area contributed by atoms with Crippen molar-refractivity contribution in [3.63, 3.8) is 0 Å². The van der Waals surface area contributed by atoms with Gasteiger partial charge in [0.05, 0.1) is 11.4 Å². The molecular weight excluding hydrogens is 286 g/mol. The van der Waals surface area contributed by atoms with E-state index in [1.807, 2.05) is 18.2 Å². The highest BCUT2D eigenvalue weighted by atomic mass is 15.1. The predicted molar refractivity (Wildman–Crippen MR) is 91.1 cm³/mol. The third-order valence-electron chi connectivity index (χ3n) is 4.19. The van der Waals surface area contributed by atoms with E-state index < -0.39 is 0 Å². The van der Waals surface area contributed by atoms with Crippen LogP contribution >= 0.6 is 0 Å². The molecule has 1 saturated carbocycles. The zero-order chi connectivity index (χ0) is 15.9. The molecule has 2 N–H and O–H groups in total. The SMILES string of the molecule is N#CC(=C1C=CC=CN1)c1ccnc(NC2CCCCCC2)n1. The van der Waals surface area contributed by atoms with Crippen LogP contribution in [0.2, 0.25) is 0 Å². The number of rotatable bonds is 3. The lowest BCUT2D eigenvalue weighted by molar-refractivity contribution is 0.614. The average molecular weight is 307 g/mol. The maximum Gasteiger partial charge on any atom is 0.223 e. The summed E-state index contributed by atoms with van der Waals surface area (Å²) in [4.78, 5) is 8.86. The molecule has 0 unspecified atom stereocenters. The van der Waals surface area contributed by atoms with Crippen LogP contribution in [0.1, 0.15) is 44.2 Å². The lowest BCUT2D eigenvalue weighted by Crippen LogP contribution is -2.20. The van der Waals surface area contributed by atoms with Crippen LogP contribution in [0.4, 0.5) is 5.95 Å². The Labute approximate surface area is 136 Å². The monoisotopic (exact) mass is 307 g/mol. The molecule has 1 fully saturated rings. The molecule has 1 aliphatic heterocycles. The Hall–Kier alpha value is -2.61. The van der Waals surface area contributed by atoms with Crippen molar-refractivity contribution in [2.75, 3.05) is 5.32 Å². The van der Waals surface area contributed by atoms with Crippen LogP contribution in [0.15, 0.2) is 42.4 Å². The van der Waals surface area contributed by atoms with E-state index >= 15 is 0 Å². The van der Waals surface area contributed by atoms with Gasteiger partial charge in [0.2, 0.25) is 5.95 Å². The second-order valence-electron chi connectivity index (χ2n) is 5.86. The predicted octanol–water partition coefficient (Wildman–Crippen LogP) is 3.52. The van der Waals surface area contributed by atoms with Gasteiger partial charge in [-0.05, 0) is 31.1 Å². The van der Waals surface area contributed by atoms with Crippen LogP contribution in [-0.2, 0) is 0 Å². The maximum atomic E-state index is 9.49. The molecule has 0 bridgehead atoms. The molecule has 0 atom stereocenters. The molecule has 2 aliphatic rings. The van der Waals surface area contributed by atoms with Gasteiger partial charge in [-0.15, -0.1) is 0 Å². The number of anilines is 1. The fourth-order valence-electron chi connectivity index (χ4n) is 2.98. The van der Waals surface area contributed by atoms with Gasteiger partial charge in [0.1, 0.15) is 11.6 Å². The number of hydrogen-bond acceptors (Lipinski definition) is 5. The van der Waals surface area contributed by atoms with Crippen molar-refractivity contribution in [1.82, 2.24) is 15.3 Å². The molecule has 23 heavy (non-hydrogen) atoms. The quantitative estimate of drug-likeness (QED) is 0.660. The van der Waals surface area contributed by atoms with Crippen molar-refractivity contribution in [3.8, 4) is 6.07 Å². The van der Waals surface area contributed by atoms with Crippen molar-refractivity contribution in [1.29, 1.82) is 5.26 Å². The summed E-state index contributed by atoms with van der Waals surface area (Å²) in [7, 11) is 0. The van der Waals surface area contributed by atoms with Gasteiger partial charge in [0.15, 0.2) is 0 Å². The number of nitriles is 1. The van der Waals surface area contributed by atoms with E-state index in [1.54, 1.807) is 18.5 Å². The summed E-state index contributed by atoms with van der Waals surface area (Å²) < 4.78 is 0. The Morgan fingerprint density at radius 2 is 2.04 bits per heavy atom. The largest absolute Gasteiger partial charge is 0.361 e. The Balaban J connectivity index is 1.80. The van der Waals surface area contributed by atoms with Crippen LogP contribution in [0.3, 0.4) is 0 Å². The summed E-state index contributed by atoms with van der Waals surface area (Å²) in [5, 5.41) is 16.0. The zero-order valence-electron chi connectivity index (χ0n) is 13.1. The summed E-state index contributed by atoms with van der Waals surface area (Å²) in [6, 6.07) is 4.45. The molecule has 3 rings (SSSR count). The van der Waals surface area contributed by atoms with Gasteiger partial charge in [-0.3, -0.25) is 0 Å². The van der Waals surface area contributed by atoms with Gasteiger partial charge in [0.25, 0.3) is 0 Å². The first-order chi connectivity index (χ1) is 11.4. The van der Waals surface area contributed by atoms with E-state index in [1.165, 1.54) is 25.7 Å². The lowest BCUT2D eigenvalue weighted by Gasteiger charge is -2.16. The molecular formula is C18H21N5. The minimum atomic E-state index is 0.432. The summed E-state index contributed by atoms with van der Waals surface area (Å²) in [6.45, 7) is 0. The number of dihydropyridines is 1. The first-order valence-corrected chi connectivity index (χ1v) is 8.21. The standard InChI is InChI=1S/C18H21N5/c19-13-15(16-9-5-6-11-20-16)17-10-12-21-18(23-17)22-14-7-3-1-2-4-8-14/h5-6,9-12,14,20H,1-4,7-8H2,(H,21,22,23). The van der Waals surface area contributed by atoms with Crippen LogP contribution in [0.5, 0.6) is 0 Å². The fraction of sp³-hybridized carbons (Fsp3) is 0.389. The zero-order valence-corrected chi connectivity index (χ0v) is 13.1. The molecule has 5 heteroatoms. The van der Waals surface area contributed by atoms with Crippen molar-refractivity contribution < 1.29 is 0 Å². The highest BCUT2D eigenvalue weighted by Gasteiger charge is 2.15. The Kier molecular flexibility index (Phi) is 5.05. The van der Waals surface area contributed by atoms with Crippen molar-refractivity contribution in [2.24, 2.45) is 0 Å². The highest BCUT2D eigenvalue weighted by Crippen LogP contribution is 2.21. The Morgan fingerprint density at radius 1 is 1.22 bits per heavy atom. The normalized spacial score (nSPS) is 20.3. The second kappa shape index (κ2) is 7.59. The average Bonchev–Trinajstić information content (AvgIpc) is 2.86. The molecule has 1 aromatic rings. The Bertz CT molecular complexity index is 673. The first kappa shape index (κ1) is 15.3. The molecule has 0 aromatic carbocycles. The van der Waals surface area contributed by atoms with Crippen LogP contribution < -0.4 is 10.6 Å². The van der Waals surface area contributed by atoms with E-state index in [0.29, 0.717) is 23.3 Å². The molecule has 2 heterocycles. The number of hydrogen-bond donors (Lipinski definition) is 2. The van der Waals surface area contributed by atoms with E-state index in [2.05, 4.69) is 26.7 Å². The molecule has 0 radical (unpaired) electrons. The Morgan fingerprint density at radius 3 is 2.74 bits per heavy atom. The van der Waals surface area contributed by atoms with Gasteiger partial charge in [-0.2, -0.15) is 5.26 Å². The smallest absolute Gasteiger partial charge is 0.223 e. The summed E-state index contributed by atoms with van der Waals surface area (Å²) in [6.07, 6.45) is 16.6. The highest BCUT2D eigenvalue weighted by molar-refractivity contribution is 5.79. The molecule has 1 aromatic heterocycles. The van der Waals surface area contributed by atoms with Gasteiger partial charge in [-0.1, -0.05) is 31.8 Å².